The van der Waals surface area contributed by atoms with E-state index in [1.807, 2.05) is 6.92 Å². The van der Waals surface area contributed by atoms with E-state index in [0.29, 0.717) is 17.8 Å². The molecule has 0 atom stereocenters. The van der Waals surface area contributed by atoms with E-state index in [-0.39, 0.29) is 16.4 Å². The summed E-state index contributed by atoms with van der Waals surface area (Å²) in [7, 11) is -0.674. The Bertz CT molecular complexity index is 922. The molecule has 0 radical (unpaired) electrons. The van der Waals surface area contributed by atoms with E-state index in [0.717, 1.165) is 10.7 Å². The molecule has 0 bridgehead atoms. The summed E-state index contributed by atoms with van der Waals surface area (Å²) >= 11 is 0. The Morgan fingerprint density at radius 1 is 0.963 bits per heavy atom. The molecule has 0 saturated heterocycles. The third kappa shape index (κ3) is 4.93. The number of nitrogens with zero attached hydrogens (tertiary/aromatic N) is 1. The summed E-state index contributed by atoms with van der Waals surface area (Å²) in [6.07, 6.45) is 0.808. The molecule has 2 rings (SSSR count). The van der Waals surface area contributed by atoms with Gasteiger partial charge in [0.2, 0.25) is 10.0 Å². The summed E-state index contributed by atoms with van der Waals surface area (Å²) in [6.45, 7) is 2.50. The second-order valence-electron chi connectivity index (χ2n) is 6.07. The van der Waals surface area contributed by atoms with Gasteiger partial charge in [0, 0.05) is 26.2 Å². The maximum Gasteiger partial charge on any atom is 0.255 e. The molecule has 0 heterocycles. The molecule has 0 aliphatic heterocycles. The van der Waals surface area contributed by atoms with Gasteiger partial charge in [-0.1, -0.05) is 19.1 Å². The van der Waals surface area contributed by atoms with Crippen LogP contribution >= 0.6 is 0 Å². The highest BCUT2D eigenvalue weighted by atomic mass is 32.2. The zero-order chi connectivity index (χ0) is 20.0. The lowest BCUT2D eigenvalue weighted by molar-refractivity contribution is 0.0954. The van der Waals surface area contributed by atoms with Crippen LogP contribution in [-0.2, 0) is 10.0 Å². The van der Waals surface area contributed by atoms with Crippen LogP contribution < -0.4 is 10.6 Å². The molecular weight excluding hydrogens is 366 g/mol. The first-order valence-corrected chi connectivity index (χ1v) is 9.92. The van der Waals surface area contributed by atoms with E-state index in [9.17, 15) is 18.0 Å². The molecule has 0 unspecified atom stereocenters. The fourth-order valence-electron chi connectivity index (χ4n) is 2.31. The SMILES string of the molecule is CCCNC(=O)c1ccccc1NC(=O)c1ccc(S(=O)(=O)N(C)C)cc1. The maximum atomic E-state index is 12.5. The van der Waals surface area contributed by atoms with Crippen molar-refractivity contribution in [3.05, 3.63) is 59.7 Å². The van der Waals surface area contributed by atoms with Crippen molar-refractivity contribution in [2.75, 3.05) is 26.0 Å². The Kier molecular flexibility index (Phi) is 6.70. The van der Waals surface area contributed by atoms with Crippen LogP contribution in [0.4, 0.5) is 5.69 Å². The lowest BCUT2D eigenvalue weighted by Gasteiger charge is -2.13. The van der Waals surface area contributed by atoms with Gasteiger partial charge in [0.1, 0.15) is 0 Å². The molecule has 2 aromatic carbocycles. The van der Waals surface area contributed by atoms with Gasteiger partial charge in [0.15, 0.2) is 0 Å². The van der Waals surface area contributed by atoms with Crippen molar-refractivity contribution in [2.45, 2.75) is 18.2 Å². The van der Waals surface area contributed by atoms with Gasteiger partial charge in [-0.15, -0.1) is 0 Å². The first-order valence-electron chi connectivity index (χ1n) is 8.48. The maximum absolute atomic E-state index is 12.5. The Balaban J connectivity index is 2.20. The van der Waals surface area contributed by atoms with Crippen LogP contribution in [0.5, 0.6) is 0 Å². The first kappa shape index (κ1) is 20.6. The van der Waals surface area contributed by atoms with Crippen LogP contribution in [0, 0.1) is 0 Å². The molecule has 8 heteroatoms. The third-order valence-corrected chi connectivity index (χ3v) is 5.68. The zero-order valence-electron chi connectivity index (χ0n) is 15.5. The van der Waals surface area contributed by atoms with Crippen molar-refractivity contribution >= 4 is 27.5 Å². The number of hydrogen-bond acceptors (Lipinski definition) is 4. The van der Waals surface area contributed by atoms with Crippen molar-refractivity contribution in [1.82, 2.24) is 9.62 Å². The number of amides is 2. The van der Waals surface area contributed by atoms with Crippen molar-refractivity contribution in [3.63, 3.8) is 0 Å². The Morgan fingerprint density at radius 3 is 2.19 bits per heavy atom. The predicted molar refractivity (Wildman–Crippen MR) is 104 cm³/mol. The van der Waals surface area contributed by atoms with E-state index in [2.05, 4.69) is 10.6 Å². The highest BCUT2D eigenvalue weighted by molar-refractivity contribution is 7.89. The number of rotatable bonds is 7. The van der Waals surface area contributed by atoms with E-state index in [4.69, 9.17) is 0 Å². The fraction of sp³-hybridized carbons (Fsp3) is 0.263. The molecule has 0 spiro atoms. The fourth-order valence-corrected chi connectivity index (χ4v) is 3.21. The van der Waals surface area contributed by atoms with Crippen LogP contribution in [-0.4, -0.2) is 45.2 Å². The smallest absolute Gasteiger partial charge is 0.255 e. The van der Waals surface area contributed by atoms with Gasteiger partial charge in [0.05, 0.1) is 16.1 Å². The molecular formula is C19H23N3O4S. The second-order valence-corrected chi connectivity index (χ2v) is 8.22. The molecule has 144 valence electrons. The Hall–Kier alpha value is -2.71. The summed E-state index contributed by atoms with van der Waals surface area (Å²) in [5.74, 6) is -0.695. The van der Waals surface area contributed by atoms with Crippen molar-refractivity contribution < 1.29 is 18.0 Å². The zero-order valence-corrected chi connectivity index (χ0v) is 16.3. The molecule has 2 aromatic rings. The van der Waals surface area contributed by atoms with Crippen molar-refractivity contribution in [1.29, 1.82) is 0 Å². The van der Waals surface area contributed by atoms with E-state index >= 15 is 0 Å². The summed E-state index contributed by atoms with van der Waals surface area (Å²) in [4.78, 5) is 24.8. The van der Waals surface area contributed by atoms with Gasteiger partial charge < -0.3 is 10.6 Å². The van der Waals surface area contributed by atoms with Crippen LogP contribution in [0.25, 0.3) is 0 Å². The monoisotopic (exact) mass is 389 g/mol. The number of nitrogens with one attached hydrogen (secondary N) is 2. The van der Waals surface area contributed by atoms with Crippen LogP contribution in [0.15, 0.2) is 53.4 Å². The van der Waals surface area contributed by atoms with Crippen LogP contribution in [0.2, 0.25) is 0 Å². The van der Waals surface area contributed by atoms with Crippen molar-refractivity contribution in [2.24, 2.45) is 0 Å². The lowest BCUT2D eigenvalue weighted by atomic mass is 10.1. The van der Waals surface area contributed by atoms with E-state index < -0.39 is 15.9 Å². The number of hydrogen-bond donors (Lipinski definition) is 2. The topological polar surface area (TPSA) is 95.6 Å². The van der Waals surface area contributed by atoms with E-state index in [1.54, 1.807) is 24.3 Å². The molecule has 0 saturated carbocycles. The molecule has 27 heavy (non-hydrogen) atoms. The standard InChI is InChI=1S/C19H23N3O4S/c1-4-13-20-19(24)16-7-5-6-8-17(16)21-18(23)14-9-11-15(12-10-14)27(25,26)22(2)3/h5-12H,4,13H2,1-3H3,(H,20,24)(H,21,23). The minimum Gasteiger partial charge on any atom is -0.352 e. The molecule has 0 aliphatic carbocycles. The van der Waals surface area contributed by atoms with Gasteiger partial charge in [0.25, 0.3) is 11.8 Å². The highest BCUT2D eigenvalue weighted by Crippen LogP contribution is 2.18. The molecule has 2 N–H and O–H groups in total. The number of para-hydroxylation sites is 1. The molecule has 7 nitrogen and oxygen atoms in total. The van der Waals surface area contributed by atoms with Gasteiger partial charge >= 0.3 is 0 Å². The van der Waals surface area contributed by atoms with E-state index in [1.165, 1.54) is 38.4 Å². The second kappa shape index (κ2) is 8.79. The number of sulfonamides is 1. The minimum atomic E-state index is -3.56. The quantitative estimate of drug-likeness (QED) is 0.760. The summed E-state index contributed by atoms with van der Waals surface area (Å²) < 4.78 is 25.3. The Morgan fingerprint density at radius 2 is 1.59 bits per heavy atom. The summed E-state index contributed by atoms with van der Waals surface area (Å²) in [5, 5.41) is 5.48. The highest BCUT2D eigenvalue weighted by Gasteiger charge is 2.18. The summed E-state index contributed by atoms with van der Waals surface area (Å²) in [6, 6.07) is 12.3. The molecule has 0 aliphatic rings. The average Bonchev–Trinajstić information content (AvgIpc) is 2.66. The summed E-state index contributed by atoms with van der Waals surface area (Å²) in [5.41, 5.74) is 1.05. The van der Waals surface area contributed by atoms with Crippen LogP contribution in [0.1, 0.15) is 34.1 Å². The van der Waals surface area contributed by atoms with Gasteiger partial charge in [-0.25, -0.2) is 12.7 Å². The Labute approximate surface area is 159 Å². The third-order valence-electron chi connectivity index (χ3n) is 3.85. The largest absolute Gasteiger partial charge is 0.352 e. The minimum absolute atomic E-state index is 0.100. The average molecular weight is 389 g/mol. The number of anilines is 1. The number of benzene rings is 2. The number of carbonyl (C=O) groups excluding carboxylic acids is 2. The number of carbonyl (C=O) groups is 2. The van der Waals surface area contributed by atoms with Gasteiger partial charge in [-0.2, -0.15) is 0 Å². The first-order chi connectivity index (χ1) is 12.8. The predicted octanol–water partition coefficient (Wildman–Crippen LogP) is 2.33. The lowest BCUT2D eigenvalue weighted by Crippen LogP contribution is -2.25. The van der Waals surface area contributed by atoms with Crippen LogP contribution in [0.3, 0.4) is 0 Å². The normalized spacial score (nSPS) is 11.3. The van der Waals surface area contributed by atoms with Crippen molar-refractivity contribution in [3.8, 4) is 0 Å². The molecule has 0 fully saturated rings. The van der Waals surface area contributed by atoms with Gasteiger partial charge in [-0.05, 0) is 42.8 Å². The van der Waals surface area contributed by atoms with Gasteiger partial charge in [-0.3, -0.25) is 9.59 Å². The molecule has 2 amide bonds. The molecule has 0 aromatic heterocycles.